The van der Waals surface area contributed by atoms with Gasteiger partial charge < -0.3 is 5.32 Å². The van der Waals surface area contributed by atoms with E-state index in [0.717, 1.165) is 12.5 Å². The van der Waals surface area contributed by atoms with Crippen molar-refractivity contribution in [2.45, 2.75) is 26.4 Å². The van der Waals surface area contributed by atoms with Gasteiger partial charge in [-0.05, 0) is 29.5 Å². The van der Waals surface area contributed by atoms with Crippen molar-refractivity contribution in [3.63, 3.8) is 0 Å². The van der Waals surface area contributed by atoms with Gasteiger partial charge in [-0.2, -0.15) is 0 Å². The molecule has 1 aromatic heterocycles. The van der Waals surface area contributed by atoms with Crippen LogP contribution in [-0.4, -0.2) is 0 Å². The highest BCUT2D eigenvalue weighted by molar-refractivity contribution is 7.10. The molecule has 0 radical (unpaired) electrons. The number of benzene rings is 1. The normalized spacial score (nSPS) is 10.8. The molecule has 1 aromatic carbocycles. The van der Waals surface area contributed by atoms with Gasteiger partial charge in [0.1, 0.15) is 0 Å². The molecule has 2 rings (SSSR count). The summed E-state index contributed by atoms with van der Waals surface area (Å²) in [5.41, 5.74) is 1.68. The Bertz CT molecular complexity index is 522. The zero-order valence-electron chi connectivity index (χ0n) is 10.2. The maximum Gasteiger partial charge on any atom is 0.163 e. The molecule has 1 N–H and O–H groups in total. The molecule has 1 heterocycles. The third-order valence-corrected chi connectivity index (χ3v) is 3.81. The van der Waals surface area contributed by atoms with Crippen LogP contribution in [0.1, 0.15) is 22.9 Å². The van der Waals surface area contributed by atoms with Crippen LogP contribution in [0.25, 0.3) is 0 Å². The van der Waals surface area contributed by atoms with Crippen LogP contribution in [0.2, 0.25) is 0 Å². The van der Waals surface area contributed by atoms with E-state index in [2.05, 4.69) is 23.7 Å². The second kappa shape index (κ2) is 6.07. The number of nitrogens with one attached hydrogen (secondary N) is 1. The molecule has 0 saturated carbocycles. The van der Waals surface area contributed by atoms with Crippen molar-refractivity contribution in [3.8, 4) is 0 Å². The molecule has 0 unspecified atom stereocenters. The van der Waals surface area contributed by atoms with Gasteiger partial charge in [-0.3, -0.25) is 0 Å². The fraction of sp³-hybridized carbons (Fsp3) is 0.286. The predicted molar refractivity (Wildman–Crippen MR) is 70.6 cm³/mol. The first-order valence-electron chi connectivity index (χ1n) is 5.91. The van der Waals surface area contributed by atoms with Crippen molar-refractivity contribution in [1.29, 1.82) is 0 Å². The SMILES string of the molecule is CCc1ccsc1CNCc1cccc(F)c1F. The molecule has 0 fully saturated rings. The van der Waals surface area contributed by atoms with Gasteiger partial charge in [-0.1, -0.05) is 19.1 Å². The van der Waals surface area contributed by atoms with Crippen LogP contribution in [0.4, 0.5) is 8.78 Å². The lowest BCUT2D eigenvalue weighted by atomic mass is 10.2. The molecule has 0 spiro atoms. The Morgan fingerprint density at radius 2 is 1.94 bits per heavy atom. The second-order valence-corrected chi connectivity index (χ2v) is 5.04. The first-order valence-corrected chi connectivity index (χ1v) is 6.79. The Morgan fingerprint density at radius 3 is 2.72 bits per heavy atom. The van der Waals surface area contributed by atoms with Gasteiger partial charge in [0, 0.05) is 23.5 Å². The monoisotopic (exact) mass is 267 g/mol. The summed E-state index contributed by atoms with van der Waals surface area (Å²) in [7, 11) is 0. The number of rotatable bonds is 5. The Kier molecular flexibility index (Phi) is 4.44. The number of aryl methyl sites for hydroxylation is 1. The average Bonchev–Trinajstić information content (AvgIpc) is 2.82. The molecule has 18 heavy (non-hydrogen) atoms. The van der Waals surface area contributed by atoms with Gasteiger partial charge in [0.25, 0.3) is 0 Å². The van der Waals surface area contributed by atoms with Gasteiger partial charge in [0.05, 0.1) is 0 Å². The molecule has 0 aliphatic heterocycles. The Balaban J connectivity index is 1.94. The highest BCUT2D eigenvalue weighted by Crippen LogP contribution is 2.17. The molecular weight excluding hydrogens is 252 g/mol. The molecule has 0 amide bonds. The maximum atomic E-state index is 13.4. The quantitative estimate of drug-likeness (QED) is 0.867. The van der Waals surface area contributed by atoms with Crippen LogP contribution in [0.3, 0.4) is 0 Å². The first-order chi connectivity index (χ1) is 8.72. The molecule has 0 saturated heterocycles. The van der Waals surface area contributed by atoms with Crippen LogP contribution in [0, 0.1) is 11.6 Å². The van der Waals surface area contributed by atoms with Gasteiger partial charge >= 0.3 is 0 Å². The van der Waals surface area contributed by atoms with E-state index in [-0.39, 0.29) is 0 Å². The van der Waals surface area contributed by atoms with Crippen LogP contribution in [-0.2, 0) is 19.5 Å². The summed E-state index contributed by atoms with van der Waals surface area (Å²) in [5.74, 6) is -1.55. The van der Waals surface area contributed by atoms with Crippen LogP contribution < -0.4 is 5.32 Å². The molecular formula is C14H15F2NS. The Morgan fingerprint density at radius 1 is 1.11 bits per heavy atom. The predicted octanol–water partition coefficient (Wildman–Crippen LogP) is 3.88. The molecule has 2 aromatic rings. The average molecular weight is 267 g/mol. The Labute approximate surface area is 109 Å². The summed E-state index contributed by atoms with van der Waals surface area (Å²) in [6.07, 6.45) is 0.995. The van der Waals surface area contributed by atoms with Gasteiger partial charge in [-0.25, -0.2) is 8.78 Å². The van der Waals surface area contributed by atoms with Gasteiger partial charge in [-0.15, -0.1) is 11.3 Å². The number of hydrogen-bond donors (Lipinski definition) is 1. The van der Waals surface area contributed by atoms with Crippen molar-refractivity contribution >= 4 is 11.3 Å². The lowest BCUT2D eigenvalue weighted by Gasteiger charge is -2.06. The molecule has 96 valence electrons. The summed E-state index contributed by atoms with van der Waals surface area (Å²) in [6, 6.07) is 6.36. The van der Waals surface area contributed by atoms with E-state index in [9.17, 15) is 8.78 Å². The van der Waals surface area contributed by atoms with E-state index in [4.69, 9.17) is 0 Å². The van der Waals surface area contributed by atoms with Crippen molar-refractivity contribution in [3.05, 3.63) is 57.3 Å². The zero-order valence-corrected chi connectivity index (χ0v) is 11.0. The summed E-state index contributed by atoms with van der Waals surface area (Å²) in [5, 5.41) is 5.20. The second-order valence-electron chi connectivity index (χ2n) is 4.04. The summed E-state index contributed by atoms with van der Waals surface area (Å²) >= 11 is 1.69. The minimum atomic E-state index is -0.792. The van der Waals surface area contributed by atoms with E-state index >= 15 is 0 Å². The molecule has 4 heteroatoms. The smallest absolute Gasteiger partial charge is 0.163 e. The highest BCUT2D eigenvalue weighted by Gasteiger charge is 2.07. The van der Waals surface area contributed by atoms with Crippen molar-refractivity contribution < 1.29 is 8.78 Å². The van der Waals surface area contributed by atoms with Crippen LogP contribution >= 0.6 is 11.3 Å². The lowest BCUT2D eigenvalue weighted by molar-refractivity contribution is 0.493. The van der Waals surface area contributed by atoms with Gasteiger partial charge in [0.15, 0.2) is 11.6 Å². The van der Waals surface area contributed by atoms with E-state index < -0.39 is 11.6 Å². The van der Waals surface area contributed by atoms with Crippen molar-refractivity contribution in [2.75, 3.05) is 0 Å². The van der Waals surface area contributed by atoms with E-state index in [0.29, 0.717) is 18.7 Å². The molecule has 0 bridgehead atoms. The largest absolute Gasteiger partial charge is 0.308 e. The zero-order chi connectivity index (χ0) is 13.0. The Hall–Kier alpha value is -1.26. The topological polar surface area (TPSA) is 12.0 Å². The first kappa shape index (κ1) is 13.2. The molecule has 1 nitrogen and oxygen atoms in total. The standard InChI is InChI=1S/C14H15F2NS/c1-2-10-6-7-18-13(10)9-17-8-11-4-3-5-12(15)14(11)16/h3-7,17H,2,8-9H2,1H3. The molecule has 0 atom stereocenters. The summed E-state index contributed by atoms with van der Waals surface area (Å²) in [6.45, 7) is 3.14. The minimum absolute atomic E-state index is 0.338. The minimum Gasteiger partial charge on any atom is -0.308 e. The van der Waals surface area contributed by atoms with Crippen molar-refractivity contribution in [1.82, 2.24) is 5.32 Å². The van der Waals surface area contributed by atoms with Crippen molar-refractivity contribution in [2.24, 2.45) is 0 Å². The van der Waals surface area contributed by atoms with E-state index in [1.807, 2.05) is 0 Å². The third kappa shape index (κ3) is 2.94. The lowest BCUT2D eigenvalue weighted by Crippen LogP contribution is -2.14. The number of halogens is 2. The number of thiophene rings is 1. The summed E-state index contributed by atoms with van der Waals surface area (Å²) in [4.78, 5) is 1.26. The van der Waals surface area contributed by atoms with E-state index in [1.165, 1.54) is 16.5 Å². The fourth-order valence-electron chi connectivity index (χ4n) is 1.83. The van der Waals surface area contributed by atoms with Crippen LogP contribution in [0.15, 0.2) is 29.6 Å². The highest BCUT2D eigenvalue weighted by atomic mass is 32.1. The number of hydrogen-bond acceptors (Lipinski definition) is 2. The fourth-order valence-corrected chi connectivity index (χ4v) is 2.78. The third-order valence-electron chi connectivity index (χ3n) is 2.85. The van der Waals surface area contributed by atoms with Gasteiger partial charge in [0.2, 0.25) is 0 Å². The van der Waals surface area contributed by atoms with E-state index in [1.54, 1.807) is 17.4 Å². The van der Waals surface area contributed by atoms with Crippen LogP contribution in [0.5, 0.6) is 0 Å². The molecule has 0 aliphatic carbocycles. The summed E-state index contributed by atoms with van der Waals surface area (Å²) < 4.78 is 26.4. The maximum absolute atomic E-state index is 13.4. The molecule has 0 aliphatic rings.